The monoisotopic (exact) mass is 298 g/mol. The Morgan fingerprint density at radius 3 is 2.50 bits per heavy atom. The molecule has 2 amide bonds. The van der Waals surface area contributed by atoms with Crippen molar-refractivity contribution >= 4 is 28.3 Å². The van der Waals surface area contributed by atoms with E-state index >= 15 is 0 Å². The molecule has 0 aliphatic heterocycles. The lowest BCUT2D eigenvalue weighted by Crippen LogP contribution is -2.25. The number of unbranched alkanes of at least 4 members (excludes halogenated alkanes) is 1. The molecule has 0 atom stereocenters. The van der Waals surface area contributed by atoms with Crippen molar-refractivity contribution in [3.05, 3.63) is 5.01 Å². The van der Waals surface area contributed by atoms with Gasteiger partial charge in [-0.25, -0.2) is 0 Å². The zero-order chi connectivity index (χ0) is 15.0. The minimum atomic E-state index is -0.206. The van der Waals surface area contributed by atoms with E-state index in [4.69, 9.17) is 0 Å². The molecule has 0 aliphatic carbocycles. The summed E-state index contributed by atoms with van der Waals surface area (Å²) >= 11 is 1.37. The third-order valence-electron chi connectivity index (χ3n) is 2.61. The Labute approximate surface area is 123 Å². The normalized spacial score (nSPS) is 10.6. The molecular weight excluding hydrogens is 276 g/mol. The number of anilines is 1. The van der Waals surface area contributed by atoms with Gasteiger partial charge in [0.15, 0.2) is 0 Å². The quantitative estimate of drug-likeness (QED) is 0.721. The molecule has 1 aromatic rings. The topological polar surface area (TPSA) is 84.0 Å². The van der Waals surface area contributed by atoms with Gasteiger partial charge >= 0.3 is 0 Å². The summed E-state index contributed by atoms with van der Waals surface area (Å²) in [5.74, 6) is -0.00155. The van der Waals surface area contributed by atoms with Gasteiger partial charge in [0.05, 0.1) is 0 Å². The van der Waals surface area contributed by atoms with Crippen molar-refractivity contribution in [2.75, 3.05) is 11.9 Å². The van der Waals surface area contributed by atoms with Crippen molar-refractivity contribution in [2.24, 2.45) is 0 Å². The van der Waals surface area contributed by atoms with Crippen LogP contribution >= 0.6 is 11.3 Å². The minimum absolute atomic E-state index is 0.0891. The standard InChI is InChI=1S/C13H22N4O2S/c1-4-5-8-14-10(18)6-7-11(19)15-13-17-16-12(20-13)9(2)3/h9H,4-8H2,1-3H3,(H,14,18)(H,15,17,19). The van der Waals surface area contributed by atoms with E-state index in [2.05, 4.69) is 27.8 Å². The van der Waals surface area contributed by atoms with Crippen LogP contribution in [0.5, 0.6) is 0 Å². The number of amides is 2. The summed E-state index contributed by atoms with van der Waals surface area (Å²) in [5, 5.41) is 14.7. The summed E-state index contributed by atoms with van der Waals surface area (Å²) < 4.78 is 0. The van der Waals surface area contributed by atoms with E-state index in [1.165, 1.54) is 11.3 Å². The second-order valence-corrected chi connectivity index (χ2v) is 5.86. The smallest absolute Gasteiger partial charge is 0.226 e. The molecule has 0 aliphatic rings. The van der Waals surface area contributed by atoms with Gasteiger partial charge < -0.3 is 10.6 Å². The molecule has 7 heteroatoms. The Balaban J connectivity index is 2.27. The largest absolute Gasteiger partial charge is 0.356 e. The first kappa shape index (κ1) is 16.6. The number of rotatable bonds is 8. The summed E-state index contributed by atoms with van der Waals surface area (Å²) in [6.45, 7) is 6.78. The molecule has 0 aromatic carbocycles. The van der Waals surface area contributed by atoms with Crippen molar-refractivity contribution < 1.29 is 9.59 Å². The van der Waals surface area contributed by atoms with E-state index in [-0.39, 0.29) is 24.7 Å². The fourth-order valence-corrected chi connectivity index (χ4v) is 2.18. The second-order valence-electron chi connectivity index (χ2n) is 4.85. The van der Waals surface area contributed by atoms with Crippen LogP contribution in [0.15, 0.2) is 0 Å². The van der Waals surface area contributed by atoms with Crippen molar-refractivity contribution in [2.45, 2.75) is 52.4 Å². The number of nitrogens with one attached hydrogen (secondary N) is 2. The first-order chi connectivity index (χ1) is 9.52. The highest BCUT2D eigenvalue weighted by Gasteiger charge is 2.11. The fourth-order valence-electron chi connectivity index (χ4n) is 1.42. The average molecular weight is 298 g/mol. The molecule has 20 heavy (non-hydrogen) atoms. The highest BCUT2D eigenvalue weighted by atomic mass is 32.1. The Kier molecular flexibility index (Phi) is 7.14. The van der Waals surface area contributed by atoms with Crippen LogP contribution in [0.2, 0.25) is 0 Å². The van der Waals surface area contributed by atoms with E-state index in [0.717, 1.165) is 17.8 Å². The Bertz CT molecular complexity index is 445. The zero-order valence-electron chi connectivity index (χ0n) is 12.2. The lowest BCUT2D eigenvalue weighted by molar-refractivity contribution is -0.124. The van der Waals surface area contributed by atoms with E-state index in [1.807, 2.05) is 13.8 Å². The molecule has 1 aromatic heterocycles. The number of carbonyl (C=O) groups is 2. The molecular formula is C13H22N4O2S. The van der Waals surface area contributed by atoms with E-state index in [9.17, 15) is 9.59 Å². The first-order valence-corrected chi connectivity index (χ1v) is 7.74. The Hall–Kier alpha value is -1.50. The molecule has 0 saturated heterocycles. The van der Waals surface area contributed by atoms with E-state index in [0.29, 0.717) is 17.6 Å². The summed E-state index contributed by atoms with van der Waals surface area (Å²) in [4.78, 5) is 23.1. The second kappa shape index (κ2) is 8.63. The average Bonchev–Trinajstić information content (AvgIpc) is 2.85. The lowest BCUT2D eigenvalue weighted by atomic mass is 10.2. The van der Waals surface area contributed by atoms with Crippen molar-refractivity contribution in [1.82, 2.24) is 15.5 Å². The highest BCUT2D eigenvalue weighted by Crippen LogP contribution is 2.22. The van der Waals surface area contributed by atoms with Gasteiger partial charge in [-0.2, -0.15) is 0 Å². The van der Waals surface area contributed by atoms with Crippen LogP contribution < -0.4 is 10.6 Å². The molecule has 1 heterocycles. The molecule has 6 nitrogen and oxygen atoms in total. The van der Waals surface area contributed by atoms with Crippen LogP contribution in [0, 0.1) is 0 Å². The number of hydrogen-bond donors (Lipinski definition) is 2. The highest BCUT2D eigenvalue weighted by molar-refractivity contribution is 7.15. The van der Waals surface area contributed by atoms with Crippen LogP contribution in [-0.2, 0) is 9.59 Å². The maximum Gasteiger partial charge on any atom is 0.226 e. The van der Waals surface area contributed by atoms with Gasteiger partial charge in [0.25, 0.3) is 0 Å². The molecule has 0 bridgehead atoms. The van der Waals surface area contributed by atoms with Crippen molar-refractivity contribution in [3.8, 4) is 0 Å². The van der Waals surface area contributed by atoms with Gasteiger partial charge in [-0.1, -0.05) is 38.5 Å². The van der Waals surface area contributed by atoms with Gasteiger partial charge in [0.1, 0.15) is 5.01 Å². The molecule has 0 saturated carbocycles. The SMILES string of the molecule is CCCCNC(=O)CCC(=O)Nc1nnc(C(C)C)s1. The van der Waals surface area contributed by atoms with Crippen LogP contribution in [0.4, 0.5) is 5.13 Å². The summed E-state index contributed by atoms with van der Waals surface area (Å²) in [6.07, 6.45) is 2.36. The predicted molar refractivity (Wildman–Crippen MR) is 79.8 cm³/mol. The molecule has 2 N–H and O–H groups in total. The van der Waals surface area contributed by atoms with E-state index in [1.54, 1.807) is 0 Å². The molecule has 0 unspecified atom stereocenters. The summed E-state index contributed by atoms with van der Waals surface area (Å²) in [7, 11) is 0. The third kappa shape index (κ3) is 6.10. The molecule has 0 radical (unpaired) electrons. The first-order valence-electron chi connectivity index (χ1n) is 6.92. The number of aromatic nitrogens is 2. The third-order valence-corrected chi connectivity index (χ3v) is 3.75. The van der Waals surface area contributed by atoms with Crippen LogP contribution in [0.3, 0.4) is 0 Å². The van der Waals surface area contributed by atoms with Crippen molar-refractivity contribution in [3.63, 3.8) is 0 Å². The minimum Gasteiger partial charge on any atom is -0.356 e. The number of hydrogen-bond acceptors (Lipinski definition) is 5. The zero-order valence-corrected chi connectivity index (χ0v) is 13.0. The van der Waals surface area contributed by atoms with Crippen LogP contribution in [-0.4, -0.2) is 28.6 Å². The van der Waals surface area contributed by atoms with Gasteiger partial charge in [0, 0.05) is 25.3 Å². The fraction of sp³-hybridized carbons (Fsp3) is 0.692. The van der Waals surface area contributed by atoms with Gasteiger partial charge in [-0.15, -0.1) is 10.2 Å². The van der Waals surface area contributed by atoms with E-state index < -0.39 is 0 Å². The van der Waals surface area contributed by atoms with Crippen LogP contribution in [0.25, 0.3) is 0 Å². The van der Waals surface area contributed by atoms with Gasteiger partial charge in [-0.05, 0) is 6.42 Å². The maximum absolute atomic E-state index is 11.7. The number of nitrogens with zero attached hydrogens (tertiary/aromatic N) is 2. The Morgan fingerprint density at radius 1 is 1.20 bits per heavy atom. The Morgan fingerprint density at radius 2 is 1.90 bits per heavy atom. The predicted octanol–water partition coefficient (Wildman–Crippen LogP) is 2.30. The molecule has 0 fully saturated rings. The molecule has 112 valence electrons. The maximum atomic E-state index is 11.7. The summed E-state index contributed by atoms with van der Waals surface area (Å²) in [5.41, 5.74) is 0. The summed E-state index contributed by atoms with van der Waals surface area (Å²) in [6, 6.07) is 0. The lowest BCUT2D eigenvalue weighted by Gasteiger charge is -2.04. The van der Waals surface area contributed by atoms with Crippen LogP contribution in [0.1, 0.15) is 57.4 Å². The molecule has 0 spiro atoms. The van der Waals surface area contributed by atoms with Gasteiger partial charge in [-0.3, -0.25) is 9.59 Å². The van der Waals surface area contributed by atoms with Gasteiger partial charge in [0.2, 0.25) is 16.9 Å². The number of carbonyl (C=O) groups excluding carboxylic acids is 2. The molecule has 1 rings (SSSR count). The van der Waals surface area contributed by atoms with Crippen molar-refractivity contribution in [1.29, 1.82) is 0 Å².